The first-order valence-electron chi connectivity index (χ1n) is 9.27. The third kappa shape index (κ3) is 4.81. The molecule has 1 saturated heterocycles. The summed E-state index contributed by atoms with van der Waals surface area (Å²) in [5, 5.41) is 11.8. The van der Waals surface area contributed by atoms with Gasteiger partial charge < -0.3 is 19.5 Å². The van der Waals surface area contributed by atoms with Crippen molar-refractivity contribution in [2.24, 2.45) is 0 Å². The summed E-state index contributed by atoms with van der Waals surface area (Å²) in [6.45, 7) is 1.80. The van der Waals surface area contributed by atoms with Crippen LogP contribution in [-0.4, -0.2) is 39.4 Å². The highest BCUT2D eigenvalue weighted by atomic mass is 16.5. The van der Waals surface area contributed by atoms with Gasteiger partial charge in [-0.3, -0.25) is 4.79 Å². The third-order valence-corrected chi connectivity index (χ3v) is 5.13. The smallest absolute Gasteiger partial charge is 0.257 e. The van der Waals surface area contributed by atoms with Gasteiger partial charge >= 0.3 is 0 Å². The number of rotatable bonds is 7. The molecule has 1 aliphatic heterocycles. The molecule has 0 radical (unpaired) electrons. The fourth-order valence-corrected chi connectivity index (χ4v) is 3.37. The number of hydrogen-bond donors (Lipinski definition) is 1. The molecule has 28 heavy (non-hydrogen) atoms. The molecule has 0 spiro atoms. The van der Waals surface area contributed by atoms with Crippen molar-refractivity contribution in [3.8, 4) is 17.6 Å². The lowest BCUT2D eigenvalue weighted by molar-refractivity contribution is -0.123. The Morgan fingerprint density at radius 2 is 1.75 bits per heavy atom. The van der Waals surface area contributed by atoms with Gasteiger partial charge in [-0.15, -0.1) is 0 Å². The number of carbonyl (C=O) groups is 1. The summed E-state index contributed by atoms with van der Waals surface area (Å²) in [6, 6.07) is 16.8. The Hall–Kier alpha value is -3.04. The number of nitrogens with zero attached hydrogens (tertiary/aromatic N) is 1. The molecule has 1 aliphatic rings. The van der Waals surface area contributed by atoms with Crippen molar-refractivity contribution in [3.05, 3.63) is 59.7 Å². The van der Waals surface area contributed by atoms with Gasteiger partial charge in [0.1, 0.15) is 11.5 Å². The molecule has 6 nitrogen and oxygen atoms in total. The van der Waals surface area contributed by atoms with Crippen molar-refractivity contribution in [1.82, 2.24) is 5.32 Å². The molecule has 1 heterocycles. The number of benzene rings is 2. The Morgan fingerprint density at radius 1 is 1.11 bits per heavy atom. The van der Waals surface area contributed by atoms with Gasteiger partial charge in [0.15, 0.2) is 6.61 Å². The van der Waals surface area contributed by atoms with Crippen LogP contribution in [0.4, 0.5) is 0 Å². The minimum Gasteiger partial charge on any atom is -0.497 e. The van der Waals surface area contributed by atoms with Crippen LogP contribution in [0.25, 0.3) is 0 Å². The Bertz CT molecular complexity index is 819. The van der Waals surface area contributed by atoms with Crippen LogP contribution in [0.1, 0.15) is 24.0 Å². The molecule has 6 heteroatoms. The van der Waals surface area contributed by atoms with Gasteiger partial charge in [0, 0.05) is 25.2 Å². The van der Waals surface area contributed by atoms with E-state index in [1.165, 1.54) is 5.56 Å². The van der Waals surface area contributed by atoms with Crippen LogP contribution in [0, 0.1) is 11.3 Å². The topological polar surface area (TPSA) is 80.6 Å². The molecule has 0 saturated carbocycles. The first-order chi connectivity index (χ1) is 13.6. The Morgan fingerprint density at radius 3 is 2.36 bits per heavy atom. The summed E-state index contributed by atoms with van der Waals surface area (Å²) in [6.07, 6.45) is 1.69. The van der Waals surface area contributed by atoms with Crippen LogP contribution in [0.15, 0.2) is 48.5 Å². The van der Waals surface area contributed by atoms with E-state index in [0.29, 0.717) is 31.1 Å². The predicted octanol–water partition coefficient (Wildman–Crippen LogP) is 2.81. The average molecular weight is 380 g/mol. The number of hydrogen-bond acceptors (Lipinski definition) is 5. The van der Waals surface area contributed by atoms with E-state index in [9.17, 15) is 4.79 Å². The van der Waals surface area contributed by atoms with Crippen molar-refractivity contribution in [1.29, 1.82) is 5.26 Å². The number of carbonyl (C=O) groups excluding carboxylic acids is 1. The normalized spacial score (nSPS) is 15.3. The van der Waals surface area contributed by atoms with E-state index in [4.69, 9.17) is 19.5 Å². The molecule has 1 fully saturated rings. The summed E-state index contributed by atoms with van der Waals surface area (Å²) in [4.78, 5) is 12.3. The highest BCUT2D eigenvalue weighted by Gasteiger charge is 2.34. The monoisotopic (exact) mass is 380 g/mol. The summed E-state index contributed by atoms with van der Waals surface area (Å²) >= 11 is 0. The molecule has 1 amide bonds. The van der Waals surface area contributed by atoms with E-state index < -0.39 is 0 Å². The van der Waals surface area contributed by atoms with E-state index in [1.807, 2.05) is 18.2 Å². The van der Waals surface area contributed by atoms with Gasteiger partial charge in [0.2, 0.25) is 0 Å². The van der Waals surface area contributed by atoms with Gasteiger partial charge in [-0.05, 0) is 54.8 Å². The molecule has 2 aromatic carbocycles. The minimum atomic E-state index is -0.177. The fourth-order valence-electron chi connectivity index (χ4n) is 3.37. The van der Waals surface area contributed by atoms with E-state index in [-0.39, 0.29) is 17.9 Å². The maximum atomic E-state index is 12.3. The van der Waals surface area contributed by atoms with E-state index in [1.54, 1.807) is 31.4 Å². The molecular weight excluding hydrogens is 356 g/mol. The van der Waals surface area contributed by atoms with Crippen molar-refractivity contribution >= 4 is 5.91 Å². The molecule has 3 rings (SSSR count). The summed E-state index contributed by atoms with van der Waals surface area (Å²) in [5.41, 5.74) is 1.57. The van der Waals surface area contributed by atoms with E-state index >= 15 is 0 Å². The van der Waals surface area contributed by atoms with Gasteiger partial charge in [0.05, 0.1) is 18.7 Å². The summed E-state index contributed by atoms with van der Waals surface area (Å²) < 4.78 is 16.3. The van der Waals surface area contributed by atoms with Gasteiger partial charge in [-0.1, -0.05) is 12.1 Å². The third-order valence-electron chi connectivity index (χ3n) is 5.13. The van der Waals surface area contributed by atoms with Crippen molar-refractivity contribution < 1.29 is 19.0 Å². The highest BCUT2D eigenvalue weighted by Crippen LogP contribution is 2.35. The quantitative estimate of drug-likeness (QED) is 0.799. The zero-order chi connectivity index (χ0) is 19.8. The standard InChI is InChI=1S/C22H24N2O4/c1-26-19-8-4-18(5-9-19)22(10-12-27-13-11-22)16-24-21(25)15-28-20-6-2-17(14-23)3-7-20/h2-9H,10-13,15-16H2,1H3,(H,24,25). The predicted molar refractivity (Wildman–Crippen MR) is 104 cm³/mol. The molecule has 146 valence electrons. The van der Waals surface area contributed by atoms with Gasteiger partial charge in [-0.2, -0.15) is 5.26 Å². The van der Waals surface area contributed by atoms with E-state index in [2.05, 4.69) is 17.4 Å². The minimum absolute atomic E-state index is 0.0684. The second-order valence-corrected chi connectivity index (χ2v) is 6.82. The number of nitriles is 1. The first kappa shape index (κ1) is 19.7. The maximum Gasteiger partial charge on any atom is 0.257 e. The first-order valence-corrected chi connectivity index (χ1v) is 9.27. The molecule has 0 aliphatic carbocycles. The largest absolute Gasteiger partial charge is 0.497 e. The van der Waals surface area contributed by atoms with Crippen LogP contribution in [-0.2, 0) is 14.9 Å². The molecule has 0 unspecified atom stereocenters. The van der Waals surface area contributed by atoms with Crippen LogP contribution in [0.5, 0.6) is 11.5 Å². The summed E-state index contributed by atoms with van der Waals surface area (Å²) in [5.74, 6) is 1.19. The van der Waals surface area contributed by atoms with Crippen molar-refractivity contribution in [2.75, 3.05) is 33.5 Å². The zero-order valence-corrected chi connectivity index (χ0v) is 15.9. The van der Waals surface area contributed by atoms with Crippen LogP contribution < -0.4 is 14.8 Å². The van der Waals surface area contributed by atoms with E-state index in [0.717, 1.165) is 18.6 Å². The molecule has 0 bridgehead atoms. The number of ether oxygens (including phenoxy) is 3. The van der Waals surface area contributed by atoms with Gasteiger partial charge in [-0.25, -0.2) is 0 Å². The molecular formula is C22H24N2O4. The number of nitrogens with one attached hydrogen (secondary N) is 1. The van der Waals surface area contributed by atoms with Crippen molar-refractivity contribution in [2.45, 2.75) is 18.3 Å². The second-order valence-electron chi connectivity index (χ2n) is 6.82. The van der Waals surface area contributed by atoms with Crippen LogP contribution in [0.3, 0.4) is 0 Å². The number of methoxy groups -OCH3 is 1. The SMILES string of the molecule is COc1ccc(C2(CNC(=O)COc3ccc(C#N)cc3)CCOCC2)cc1. The Balaban J connectivity index is 1.59. The zero-order valence-electron chi connectivity index (χ0n) is 15.9. The lowest BCUT2D eigenvalue weighted by atomic mass is 9.74. The van der Waals surface area contributed by atoms with Crippen LogP contribution >= 0.6 is 0 Å². The molecule has 1 N–H and O–H groups in total. The fraction of sp³-hybridized carbons (Fsp3) is 0.364. The van der Waals surface area contributed by atoms with Crippen LogP contribution in [0.2, 0.25) is 0 Å². The maximum absolute atomic E-state index is 12.3. The molecule has 2 aromatic rings. The van der Waals surface area contributed by atoms with Crippen molar-refractivity contribution in [3.63, 3.8) is 0 Å². The summed E-state index contributed by atoms with van der Waals surface area (Å²) in [7, 11) is 1.65. The number of amides is 1. The lowest BCUT2D eigenvalue weighted by Gasteiger charge is -2.38. The average Bonchev–Trinajstić information content (AvgIpc) is 2.77. The Kier molecular flexibility index (Phi) is 6.51. The van der Waals surface area contributed by atoms with Gasteiger partial charge in [0.25, 0.3) is 5.91 Å². The molecule has 0 atom stereocenters. The lowest BCUT2D eigenvalue weighted by Crippen LogP contribution is -2.45. The Labute approximate surface area is 165 Å². The highest BCUT2D eigenvalue weighted by molar-refractivity contribution is 5.77. The molecule has 0 aromatic heterocycles. The second kappa shape index (κ2) is 9.25.